The first-order valence-electron chi connectivity index (χ1n) is 7.49. The van der Waals surface area contributed by atoms with Gasteiger partial charge in [0.1, 0.15) is 11.9 Å². The second-order valence-corrected chi connectivity index (χ2v) is 5.77. The molecule has 0 saturated carbocycles. The van der Waals surface area contributed by atoms with Crippen LogP contribution in [0.1, 0.15) is 35.2 Å². The largest absolute Gasteiger partial charge is 0.488 e. The number of ether oxygens (including phenoxy) is 1. The number of hydrogen-bond acceptors (Lipinski definition) is 2. The van der Waals surface area contributed by atoms with Crippen molar-refractivity contribution in [3.05, 3.63) is 64.7 Å². The first-order valence-corrected chi connectivity index (χ1v) is 7.49. The van der Waals surface area contributed by atoms with Crippen LogP contribution >= 0.6 is 0 Å². The molecular formula is C19H25NO. The lowest BCUT2D eigenvalue weighted by molar-refractivity contribution is 0.174. The smallest absolute Gasteiger partial charge is 0.122 e. The zero-order valence-corrected chi connectivity index (χ0v) is 13.6. The fraction of sp³-hybridized carbons (Fsp3) is 0.368. The molecular weight excluding hydrogens is 258 g/mol. The molecule has 0 amide bonds. The summed E-state index contributed by atoms with van der Waals surface area (Å²) in [6, 6.07) is 15.1. The number of nitrogens with one attached hydrogen (secondary N) is 1. The van der Waals surface area contributed by atoms with Crippen LogP contribution in [0.2, 0.25) is 0 Å². The molecule has 2 nitrogen and oxygen atoms in total. The van der Waals surface area contributed by atoms with Gasteiger partial charge in [0.15, 0.2) is 0 Å². The van der Waals surface area contributed by atoms with Gasteiger partial charge >= 0.3 is 0 Å². The fourth-order valence-electron chi connectivity index (χ4n) is 2.65. The van der Waals surface area contributed by atoms with E-state index in [4.69, 9.17) is 4.74 Å². The molecule has 2 heteroatoms. The Kier molecular flexibility index (Phi) is 5.03. The Morgan fingerprint density at radius 1 is 0.905 bits per heavy atom. The molecule has 21 heavy (non-hydrogen) atoms. The van der Waals surface area contributed by atoms with Crippen LogP contribution in [0.3, 0.4) is 0 Å². The van der Waals surface area contributed by atoms with E-state index >= 15 is 0 Å². The lowest BCUT2D eigenvalue weighted by Gasteiger charge is -2.26. The fourth-order valence-corrected chi connectivity index (χ4v) is 2.65. The highest BCUT2D eigenvalue weighted by molar-refractivity contribution is 5.36. The molecule has 2 aromatic rings. The molecule has 112 valence electrons. The average molecular weight is 283 g/mol. The van der Waals surface area contributed by atoms with Gasteiger partial charge in [-0.2, -0.15) is 0 Å². The van der Waals surface area contributed by atoms with Gasteiger partial charge in [0.05, 0.1) is 6.04 Å². The van der Waals surface area contributed by atoms with Crippen LogP contribution in [-0.2, 0) is 0 Å². The summed E-state index contributed by atoms with van der Waals surface area (Å²) in [5, 5.41) is 3.36. The minimum atomic E-state index is 0.0547. The monoisotopic (exact) mass is 283 g/mol. The van der Waals surface area contributed by atoms with Gasteiger partial charge in [-0.15, -0.1) is 0 Å². The van der Waals surface area contributed by atoms with E-state index in [9.17, 15) is 0 Å². The second-order valence-electron chi connectivity index (χ2n) is 5.77. The van der Waals surface area contributed by atoms with Crippen LogP contribution in [0.25, 0.3) is 0 Å². The maximum Gasteiger partial charge on any atom is 0.122 e. The third-order valence-corrected chi connectivity index (χ3v) is 3.86. The summed E-state index contributed by atoms with van der Waals surface area (Å²) in [6.45, 7) is 8.41. The Hall–Kier alpha value is -1.80. The third kappa shape index (κ3) is 3.85. The molecule has 1 N–H and O–H groups in total. The summed E-state index contributed by atoms with van der Waals surface area (Å²) in [7, 11) is 1.98. The third-order valence-electron chi connectivity index (χ3n) is 3.86. The SMILES string of the molecule is CNC(c1ccc(C)cc1)C(C)Oc1ccc(C)cc1C. The molecule has 0 saturated heterocycles. The Morgan fingerprint density at radius 2 is 1.52 bits per heavy atom. The van der Waals surface area contributed by atoms with Gasteiger partial charge in [-0.25, -0.2) is 0 Å². The molecule has 0 heterocycles. The van der Waals surface area contributed by atoms with Crippen molar-refractivity contribution in [2.45, 2.75) is 39.8 Å². The zero-order chi connectivity index (χ0) is 15.4. The molecule has 2 unspecified atom stereocenters. The molecule has 0 aliphatic carbocycles. The maximum absolute atomic E-state index is 6.18. The van der Waals surface area contributed by atoms with Crippen molar-refractivity contribution >= 4 is 0 Å². The minimum absolute atomic E-state index is 0.0547. The first-order chi connectivity index (χ1) is 10.0. The Bertz CT molecular complexity index is 589. The predicted molar refractivity (Wildman–Crippen MR) is 89.0 cm³/mol. The van der Waals surface area contributed by atoms with Crippen molar-refractivity contribution in [1.82, 2.24) is 5.32 Å². The Morgan fingerprint density at radius 3 is 2.10 bits per heavy atom. The first kappa shape index (κ1) is 15.6. The standard InChI is InChI=1S/C19H25NO/c1-13-6-9-17(10-7-13)19(20-5)16(4)21-18-11-8-14(2)12-15(18)3/h6-12,16,19-20H,1-5H3. The van der Waals surface area contributed by atoms with E-state index in [2.05, 4.69) is 75.5 Å². The van der Waals surface area contributed by atoms with E-state index in [0.717, 1.165) is 5.75 Å². The van der Waals surface area contributed by atoms with Crippen molar-refractivity contribution in [2.24, 2.45) is 0 Å². The van der Waals surface area contributed by atoms with Crippen molar-refractivity contribution in [3.8, 4) is 5.75 Å². The van der Waals surface area contributed by atoms with Crippen molar-refractivity contribution < 1.29 is 4.74 Å². The van der Waals surface area contributed by atoms with E-state index in [0.29, 0.717) is 0 Å². The summed E-state index contributed by atoms with van der Waals surface area (Å²) in [6.07, 6.45) is 0.0547. The van der Waals surface area contributed by atoms with Gasteiger partial charge in [0.25, 0.3) is 0 Å². The van der Waals surface area contributed by atoms with E-state index in [-0.39, 0.29) is 12.1 Å². The topological polar surface area (TPSA) is 21.3 Å². The minimum Gasteiger partial charge on any atom is -0.488 e. The molecule has 2 atom stereocenters. The van der Waals surface area contributed by atoms with Gasteiger partial charge in [-0.05, 0) is 51.9 Å². The summed E-state index contributed by atoms with van der Waals surface area (Å²) >= 11 is 0. The second kappa shape index (κ2) is 6.77. The molecule has 0 aliphatic rings. The number of likely N-dealkylation sites (N-methyl/N-ethyl adjacent to an activating group) is 1. The molecule has 0 aromatic heterocycles. The molecule has 0 bridgehead atoms. The zero-order valence-electron chi connectivity index (χ0n) is 13.6. The quantitative estimate of drug-likeness (QED) is 0.881. The lowest BCUT2D eigenvalue weighted by atomic mass is 10.0. The summed E-state index contributed by atoms with van der Waals surface area (Å²) in [4.78, 5) is 0. The number of rotatable bonds is 5. The highest BCUT2D eigenvalue weighted by Gasteiger charge is 2.19. The van der Waals surface area contributed by atoms with E-state index < -0.39 is 0 Å². The Balaban J connectivity index is 2.16. The molecule has 0 radical (unpaired) electrons. The van der Waals surface area contributed by atoms with Crippen LogP contribution in [0, 0.1) is 20.8 Å². The Labute approximate surface area is 128 Å². The summed E-state index contributed by atoms with van der Waals surface area (Å²) in [5.74, 6) is 0.959. The van der Waals surface area contributed by atoms with Crippen molar-refractivity contribution in [2.75, 3.05) is 7.05 Å². The summed E-state index contributed by atoms with van der Waals surface area (Å²) in [5.41, 5.74) is 4.97. The molecule has 0 spiro atoms. The number of hydrogen-bond donors (Lipinski definition) is 1. The van der Waals surface area contributed by atoms with Gasteiger partial charge in [-0.3, -0.25) is 0 Å². The van der Waals surface area contributed by atoms with Gasteiger partial charge < -0.3 is 10.1 Å². The van der Waals surface area contributed by atoms with E-state index in [1.54, 1.807) is 0 Å². The maximum atomic E-state index is 6.18. The highest BCUT2D eigenvalue weighted by Crippen LogP contribution is 2.25. The number of benzene rings is 2. The lowest BCUT2D eigenvalue weighted by Crippen LogP contribution is -2.31. The van der Waals surface area contributed by atoms with Gasteiger partial charge in [-0.1, -0.05) is 47.5 Å². The van der Waals surface area contributed by atoms with Crippen LogP contribution < -0.4 is 10.1 Å². The molecule has 0 fully saturated rings. The molecule has 2 aromatic carbocycles. The van der Waals surface area contributed by atoms with E-state index in [1.807, 2.05) is 7.05 Å². The van der Waals surface area contributed by atoms with Crippen LogP contribution in [0.4, 0.5) is 0 Å². The summed E-state index contributed by atoms with van der Waals surface area (Å²) < 4.78 is 6.18. The normalized spacial score (nSPS) is 13.8. The highest BCUT2D eigenvalue weighted by atomic mass is 16.5. The average Bonchev–Trinajstić information content (AvgIpc) is 2.45. The van der Waals surface area contributed by atoms with Crippen molar-refractivity contribution in [1.29, 1.82) is 0 Å². The number of aryl methyl sites for hydroxylation is 3. The van der Waals surface area contributed by atoms with Gasteiger partial charge in [0, 0.05) is 0 Å². The van der Waals surface area contributed by atoms with Crippen molar-refractivity contribution in [3.63, 3.8) is 0 Å². The molecule has 0 aliphatic heterocycles. The van der Waals surface area contributed by atoms with Crippen LogP contribution in [0.5, 0.6) is 5.75 Å². The van der Waals surface area contributed by atoms with Crippen LogP contribution in [-0.4, -0.2) is 13.2 Å². The van der Waals surface area contributed by atoms with Crippen LogP contribution in [0.15, 0.2) is 42.5 Å². The van der Waals surface area contributed by atoms with E-state index in [1.165, 1.54) is 22.3 Å². The predicted octanol–water partition coefficient (Wildman–Crippen LogP) is 4.34. The molecule has 2 rings (SSSR count). The van der Waals surface area contributed by atoms with Gasteiger partial charge in [0.2, 0.25) is 0 Å².